The Morgan fingerprint density at radius 1 is 1.47 bits per heavy atom. The molecule has 108 valence electrons. The molecule has 0 saturated carbocycles. The van der Waals surface area contributed by atoms with Crippen molar-refractivity contribution in [2.45, 2.75) is 24.0 Å². The molecule has 0 aromatic heterocycles. The summed E-state index contributed by atoms with van der Waals surface area (Å²) in [4.78, 5) is 0.0754. The van der Waals surface area contributed by atoms with Crippen molar-refractivity contribution in [3.63, 3.8) is 0 Å². The summed E-state index contributed by atoms with van der Waals surface area (Å²) >= 11 is 1.59. The molecule has 1 atom stereocenters. The lowest BCUT2D eigenvalue weighted by Crippen LogP contribution is -2.29. The van der Waals surface area contributed by atoms with E-state index >= 15 is 0 Å². The molecular weight excluding hydrogens is 284 g/mol. The van der Waals surface area contributed by atoms with E-state index in [0.29, 0.717) is 18.0 Å². The highest BCUT2D eigenvalue weighted by molar-refractivity contribution is 7.99. The van der Waals surface area contributed by atoms with Crippen LogP contribution >= 0.6 is 11.8 Å². The van der Waals surface area contributed by atoms with E-state index in [1.807, 2.05) is 13.2 Å². The number of anilines is 1. The average Bonchev–Trinajstić information content (AvgIpc) is 2.38. The normalized spacial score (nSPS) is 13.3. The Kier molecular flexibility index (Phi) is 5.51. The summed E-state index contributed by atoms with van der Waals surface area (Å²) in [6.45, 7) is 4.12. The van der Waals surface area contributed by atoms with E-state index in [-0.39, 0.29) is 10.1 Å². The largest absolute Gasteiger partial charge is 0.495 e. The van der Waals surface area contributed by atoms with Gasteiger partial charge >= 0.3 is 0 Å². The molecule has 0 aliphatic rings. The molecule has 1 aromatic carbocycles. The summed E-state index contributed by atoms with van der Waals surface area (Å²) in [6, 6.07) is 3.06. The minimum atomic E-state index is -3.62. The summed E-state index contributed by atoms with van der Waals surface area (Å²) in [6.07, 6.45) is 1.93. The Morgan fingerprint density at radius 2 is 2.11 bits per heavy atom. The van der Waals surface area contributed by atoms with Crippen LogP contribution < -0.4 is 15.2 Å². The molecule has 1 rings (SSSR count). The zero-order valence-corrected chi connectivity index (χ0v) is 13.2. The summed E-state index contributed by atoms with van der Waals surface area (Å²) in [5.41, 5.74) is 6.99. The predicted octanol–water partition coefficient (Wildman–Crippen LogP) is 1.62. The lowest BCUT2D eigenvalue weighted by molar-refractivity contribution is 0.402. The Bertz CT molecular complexity index is 544. The topological polar surface area (TPSA) is 81.4 Å². The number of hydrogen-bond acceptors (Lipinski definition) is 5. The maximum absolute atomic E-state index is 12.2. The number of nitrogens with two attached hydrogens (primary N) is 1. The monoisotopic (exact) mass is 304 g/mol. The lowest BCUT2D eigenvalue weighted by atomic mass is 10.2. The number of aryl methyl sites for hydroxylation is 1. The van der Waals surface area contributed by atoms with E-state index in [1.54, 1.807) is 24.8 Å². The van der Waals surface area contributed by atoms with Gasteiger partial charge in [-0.2, -0.15) is 11.8 Å². The number of ether oxygens (including phenoxy) is 1. The Balaban J connectivity index is 3.10. The van der Waals surface area contributed by atoms with Crippen molar-refractivity contribution in [3.05, 3.63) is 17.7 Å². The molecule has 0 radical (unpaired) electrons. The van der Waals surface area contributed by atoms with Crippen LogP contribution in [0, 0.1) is 6.92 Å². The van der Waals surface area contributed by atoms with Gasteiger partial charge in [-0.1, -0.05) is 6.92 Å². The number of methoxy groups -OCH3 is 1. The minimum absolute atomic E-state index is 0.0754. The number of hydrogen-bond donors (Lipinski definition) is 2. The number of nitrogen functional groups attached to an aromatic ring is 1. The van der Waals surface area contributed by atoms with Crippen molar-refractivity contribution in [2.75, 3.05) is 25.6 Å². The van der Waals surface area contributed by atoms with Crippen molar-refractivity contribution in [1.29, 1.82) is 0 Å². The second-order valence-corrected chi connectivity index (χ2v) is 7.27. The third-order valence-electron chi connectivity index (χ3n) is 2.80. The van der Waals surface area contributed by atoms with Crippen LogP contribution in [-0.2, 0) is 10.0 Å². The Morgan fingerprint density at radius 3 is 2.63 bits per heavy atom. The quantitative estimate of drug-likeness (QED) is 0.780. The van der Waals surface area contributed by atoms with E-state index < -0.39 is 10.0 Å². The van der Waals surface area contributed by atoms with Gasteiger partial charge in [-0.3, -0.25) is 0 Å². The first kappa shape index (κ1) is 16.1. The molecule has 0 saturated heterocycles. The van der Waals surface area contributed by atoms with Crippen molar-refractivity contribution in [3.8, 4) is 5.75 Å². The van der Waals surface area contributed by atoms with Crippen LogP contribution in [0.5, 0.6) is 5.75 Å². The fourth-order valence-corrected chi connectivity index (χ4v) is 3.10. The highest BCUT2D eigenvalue weighted by atomic mass is 32.2. The third-order valence-corrected chi connectivity index (χ3v) is 5.22. The van der Waals surface area contributed by atoms with Gasteiger partial charge in [0.15, 0.2) is 0 Å². The SMILES string of the molecule is COc1cc(C)c(N)cc1S(=O)(=O)NCC(C)SC. The predicted molar refractivity (Wildman–Crippen MR) is 80.3 cm³/mol. The number of thioether (sulfide) groups is 1. The zero-order chi connectivity index (χ0) is 14.6. The molecule has 7 heteroatoms. The molecular formula is C12H20N2O3S2. The summed E-state index contributed by atoms with van der Waals surface area (Å²) < 4.78 is 32.2. The molecule has 3 N–H and O–H groups in total. The number of nitrogens with one attached hydrogen (secondary N) is 1. The maximum atomic E-state index is 12.2. The van der Waals surface area contributed by atoms with Crippen LogP contribution in [0.2, 0.25) is 0 Å². The van der Waals surface area contributed by atoms with Gasteiger partial charge in [0.25, 0.3) is 0 Å². The molecule has 0 aliphatic carbocycles. The molecule has 0 amide bonds. The van der Waals surface area contributed by atoms with E-state index in [2.05, 4.69) is 4.72 Å². The van der Waals surface area contributed by atoms with Crippen LogP contribution in [0.1, 0.15) is 12.5 Å². The number of benzene rings is 1. The first-order valence-electron chi connectivity index (χ1n) is 5.78. The fourth-order valence-electron chi connectivity index (χ4n) is 1.43. The van der Waals surface area contributed by atoms with Crippen LogP contribution in [0.15, 0.2) is 17.0 Å². The Hall–Kier alpha value is -0.920. The first-order valence-corrected chi connectivity index (χ1v) is 8.55. The van der Waals surface area contributed by atoms with Crippen LogP contribution in [0.25, 0.3) is 0 Å². The standard InChI is InChI=1S/C12H20N2O3S2/c1-8-5-11(17-3)12(6-10(8)13)19(15,16)14-7-9(2)18-4/h5-6,9,14H,7,13H2,1-4H3. The molecule has 19 heavy (non-hydrogen) atoms. The molecule has 0 heterocycles. The Labute approximate surface area is 119 Å². The molecule has 0 aliphatic heterocycles. The van der Waals surface area contributed by atoms with Crippen molar-refractivity contribution < 1.29 is 13.2 Å². The summed E-state index contributed by atoms with van der Waals surface area (Å²) in [5, 5.41) is 0.198. The second kappa shape index (κ2) is 6.49. The smallest absolute Gasteiger partial charge is 0.244 e. The molecule has 1 unspecified atom stereocenters. The van der Waals surface area contributed by atoms with Gasteiger partial charge in [0.05, 0.1) is 7.11 Å². The highest BCUT2D eigenvalue weighted by Gasteiger charge is 2.21. The van der Waals surface area contributed by atoms with Gasteiger partial charge in [-0.05, 0) is 30.9 Å². The zero-order valence-electron chi connectivity index (χ0n) is 11.6. The molecule has 0 fully saturated rings. The molecule has 0 bridgehead atoms. The molecule has 5 nitrogen and oxygen atoms in total. The average molecular weight is 304 g/mol. The van der Waals surface area contributed by atoms with Crippen LogP contribution in [-0.4, -0.2) is 33.6 Å². The van der Waals surface area contributed by atoms with Crippen molar-refractivity contribution in [2.24, 2.45) is 0 Å². The maximum Gasteiger partial charge on any atom is 0.244 e. The van der Waals surface area contributed by atoms with E-state index in [9.17, 15) is 8.42 Å². The van der Waals surface area contributed by atoms with Gasteiger partial charge in [0.1, 0.15) is 10.6 Å². The minimum Gasteiger partial charge on any atom is -0.495 e. The summed E-state index contributed by atoms with van der Waals surface area (Å²) in [5.74, 6) is 0.302. The third kappa shape index (κ3) is 4.02. The van der Waals surface area contributed by atoms with Crippen LogP contribution in [0.4, 0.5) is 5.69 Å². The highest BCUT2D eigenvalue weighted by Crippen LogP contribution is 2.28. The van der Waals surface area contributed by atoms with Gasteiger partial charge < -0.3 is 10.5 Å². The summed E-state index contributed by atoms with van der Waals surface area (Å²) in [7, 11) is -2.18. The van der Waals surface area contributed by atoms with E-state index in [1.165, 1.54) is 13.2 Å². The van der Waals surface area contributed by atoms with Crippen molar-refractivity contribution >= 4 is 27.5 Å². The van der Waals surface area contributed by atoms with Gasteiger partial charge in [-0.15, -0.1) is 0 Å². The number of sulfonamides is 1. The molecule has 0 spiro atoms. The van der Waals surface area contributed by atoms with Crippen LogP contribution in [0.3, 0.4) is 0 Å². The van der Waals surface area contributed by atoms with Gasteiger partial charge in [0, 0.05) is 17.5 Å². The van der Waals surface area contributed by atoms with E-state index in [0.717, 1.165) is 5.56 Å². The fraction of sp³-hybridized carbons (Fsp3) is 0.500. The number of rotatable bonds is 6. The van der Waals surface area contributed by atoms with E-state index in [4.69, 9.17) is 10.5 Å². The van der Waals surface area contributed by atoms with Gasteiger partial charge in [0.2, 0.25) is 10.0 Å². The second-order valence-electron chi connectivity index (χ2n) is 4.26. The lowest BCUT2D eigenvalue weighted by Gasteiger charge is -2.14. The van der Waals surface area contributed by atoms with Gasteiger partial charge in [-0.25, -0.2) is 13.1 Å². The molecule has 1 aromatic rings. The van der Waals surface area contributed by atoms with Crippen molar-refractivity contribution in [1.82, 2.24) is 4.72 Å². The first-order chi connectivity index (χ1) is 8.81.